The minimum Gasteiger partial charge on any atom is -1.00 e. The molecule has 2 unspecified atom stereocenters. The number of carbonyl (C=O) groups is 2. The molecule has 2 atom stereocenters. The Balaban J connectivity index is 0.000000217. The van der Waals surface area contributed by atoms with Crippen molar-refractivity contribution in [3.05, 3.63) is 220 Å². The van der Waals surface area contributed by atoms with Crippen molar-refractivity contribution in [2.24, 2.45) is 31.1 Å². The van der Waals surface area contributed by atoms with Crippen molar-refractivity contribution in [2.75, 3.05) is 65.5 Å². The molecule has 0 bridgehead atoms. The van der Waals surface area contributed by atoms with Crippen LogP contribution < -0.4 is 70.9 Å². The second kappa shape index (κ2) is 51.6. The minimum atomic E-state index is -1.49. The number of guanidine groups is 2. The molecule has 39 heteroatoms. The molecule has 6 spiro atoms. The molecule has 0 radical (unpaired) electrons. The van der Waals surface area contributed by atoms with E-state index in [0.717, 1.165) is 183 Å². The standard InChI is InChI=1S/C23H24N4O3.C16H20BrN3O3.C15H15BrN2O2.C14H15BrO3.C8H5BrO2.C7H6BNO2.C6H12I2O.C5H11NSi.CH5NO.ClH.Na.H/c1-25-17-6-4-5-15(13-17)16-7-8-20-19(14-16)23(26-21(24)27(2)30-23)22(29-20)11-9-18(28-3)10-12-22;1-20-14(18)19-16(23-20)12-9-10(17)3-4-13(12)22-15(16)7-5-11(21-2)6-8-15;1-19-11-4-6-15(7-5-11)14(18-9-17)12-8-10(16)2-3-13(12)20-15;1-17-10-4-6-14(7-5-10)13(16)11-8-9(15)2-3-12(11)18-14;9-6-2-1-5-4-11-8(10)7(5)3-6;1-9-7-4-2-3-6(5-7)8(10)11;1-9-6(2-4-7)3-5-8;1-5-6-7(2,3)4;1-2-3;;;/h4-8,13-14,18H,9-12H2,2-3H3,(H2,24,26);3-4,9,11H,5-8H2,1-2H3,(H2,18,19);2-3,8,11H,4-7H2,1H3;2-3,8,10H,4-7H2,1H3;1-3H,4H2;2-5,10-11H;6H,2-5H2,1H3;1H2,2-4H3;2-3H,1H3;1H;;/q;;;;;;;;;;+1;-1. The van der Waals surface area contributed by atoms with Gasteiger partial charge in [-0.3, -0.25) is 9.45 Å². The van der Waals surface area contributed by atoms with Crippen LogP contribution in [-0.4, -0.2) is 194 Å². The van der Waals surface area contributed by atoms with E-state index in [1.165, 1.54) is 44.9 Å². The number of benzene rings is 7. The largest absolute Gasteiger partial charge is 1.00 e. The first-order valence-corrected chi connectivity index (χ1v) is 52.8. The Kier molecular flexibility index (Phi) is 43.5. The zero-order chi connectivity index (χ0) is 95.9. The molecule has 4 fully saturated rings. The van der Waals surface area contributed by atoms with Crippen LogP contribution in [0.15, 0.2) is 184 Å². The van der Waals surface area contributed by atoms with Crippen LogP contribution in [0.4, 0.5) is 11.4 Å². The van der Waals surface area contributed by atoms with Crippen LogP contribution in [0.3, 0.4) is 0 Å². The van der Waals surface area contributed by atoms with Crippen LogP contribution in [0.5, 0.6) is 23.0 Å². The van der Waals surface area contributed by atoms with Crippen LogP contribution in [0.2, 0.25) is 19.6 Å². The number of carbonyl (C=O) groups excluding carboxylic acids is 2. The summed E-state index contributed by atoms with van der Waals surface area (Å²) >= 11 is 18.4. The van der Waals surface area contributed by atoms with Crippen molar-refractivity contribution in [1.82, 2.24) is 15.6 Å². The van der Waals surface area contributed by atoms with Gasteiger partial charge in [0.05, 0.1) is 65.9 Å². The topological polar surface area (TPSA) is 358 Å². The first-order valence-electron chi connectivity index (χ1n) is 43.1. The third-order valence-corrected chi connectivity index (χ3v) is 28.4. The van der Waals surface area contributed by atoms with Gasteiger partial charge in [0.2, 0.25) is 23.9 Å². The number of alkyl halides is 2. The fourth-order valence-corrected chi connectivity index (χ4v) is 20.8. The average Bonchev–Trinajstić information content (AvgIpc) is 1.54. The van der Waals surface area contributed by atoms with E-state index in [9.17, 15) is 9.59 Å². The van der Waals surface area contributed by atoms with Crippen molar-refractivity contribution in [2.45, 2.75) is 206 Å². The van der Waals surface area contributed by atoms with Crippen molar-refractivity contribution in [3.63, 3.8) is 0 Å². The Morgan fingerprint density at radius 2 is 1.02 bits per heavy atom. The molecule has 0 saturated heterocycles. The fraction of sp³-hybridized carbons (Fsp3) is 0.453. The monoisotopic (exact) mass is 2360 g/mol. The van der Waals surface area contributed by atoms with E-state index in [-0.39, 0.29) is 79.6 Å². The molecule has 4 aliphatic carbocycles. The van der Waals surface area contributed by atoms with Crippen LogP contribution in [0.25, 0.3) is 20.8 Å². The van der Waals surface area contributed by atoms with E-state index in [2.05, 4.69) is 166 Å². The van der Waals surface area contributed by atoms with Gasteiger partial charge in [0.25, 0.3) is 11.4 Å². The fourth-order valence-electron chi connectivity index (χ4n) is 17.5. The van der Waals surface area contributed by atoms with Gasteiger partial charge < -0.3 is 75.5 Å². The summed E-state index contributed by atoms with van der Waals surface area (Å²) in [6, 6.07) is 42.9. The number of halogens is 7. The molecular formula is C95H115BBr4ClI2N12NaO17Si. The molecule has 18 rings (SSSR count). The van der Waals surface area contributed by atoms with Crippen LogP contribution >= 0.6 is 121 Å². The predicted octanol–water partition coefficient (Wildman–Crippen LogP) is 16.8. The molecule has 4 saturated carbocycles. The molecule has 7 aromatic carbocycles. The Bertz CT molecular complexity index is 5470. The third kappa shape index (κ3) is 27.0. The van der Waals surface area contributed by atoms with Crippen LogP contribution in [0, 0.1) is 24.6 Å². The molecule has 29 nitrogen and oxygen atoms in total. The van der Waals surface area contributed by atoms with Gasteiger partial charge in [-0.15, -0.1) is 12.4 Å². The maximum atomic E-state index is 12.5. The Labute approximate surface area is 877 Å². The first-order chi connectivity index (χ1) is 63.1. The number of cyclic esters (lactones) is 1. The molecule has 7 heterocycles. The van der Waals surface area contributed by atoms with Crippen molar-refractivity contribution >= 4 is 189 Å². The SMILES string of the molecule is C=C=N[Si](C)(C)C.CNO.COC(CCI)CCI.COC1CCC2(CC1)Oc1ccc(Br)cc1C21N=C(N)N(C)O1.COC1CCC2(CC1)Oc1ccc(Br)cc1C2=NC#N.COC1CCC2(CC1)Oc1ccc(Br)cc1C2=O.Cl.O=C1OCc2ccc(Br)cc21.[C-]#[N+]c1cccc(-c2ccc3c(c2)C2(N=C(N)N(C)O2)C2(CCC(OC)CC2)O3)c1.[C-]#[N+]c1cccc(B(O)O)c1.[H-].[Na+]. The number of hydrogen-bond donors (Lipinski definition) is 6. The number of nitriles is 1. The number of nitrogens with one attached hydrogen (secondary N) is 1. The molecular weight excluding hydrogens is 2250 g/mol. The molecule has 0 amide bonds. The smallest absolute Gasteiger partial charge is 1.00 e. The van der Waals surface area contributed by atoms with Gasteiger partial charge in [-0.1, -0.05) is 163 Å². The number of esters is 1. The number of methoxy groups -OCH3 is 5. The normalized spacial score (nSPS) is 24.6. The molecule has 714 valence electrons. The Morgan fingerprint density at radius 1 is 0.612 bits per heavy atom. The quantitative estimate of drug-likeness (QED) is 0.00967. The minimum absolute atomic E-state index is 0. The van der Waals surface area contributed by atoms with Crippen LogP contribution in [0.1, 0.15) is 160 Å². The summed E-state index contributed by atoms with van der Waals surface area (Å²) in [7, 11) is 11.1. The first kappa shape index (κ1) is 113. The number of hydroxylamine groups is 5. The Hall–Kier alpha value is -6.48. The number of rotatable bonds is 12. The summed E-state index contributed by atoms with van der Waals surface area (Å²) in [4.78, 5) is 56.3. The number of nitrogens with zero attached hydrogens (tertiary/aromatic N) is 9. The van der Waals surface area contributed by atoms with Crippen molar-refractivity contribution < 1.29 is 113 Å². The molecule has 0 aromatic heterocycles. The van der Waals surface area contributed by atoms with Gasteiger partial charge in [-0.25, -0.2) is 49.8 Å². The molecule has 8 N–H and O–H groups in total. The number of ether oxygens (including phenoxy) is 10. The maximum absolute atomic E-state index is 12.5. The number of ketones is 1. The van der Waals surface area contributed by atoms with E-state index in [0.29, 0.717) is 52.6 Å². The summed E-state index contributed by atoms with van der Waals surface area (Å²) in [6.07, 6.45) is 19.3. The third-order valence-electron chi connectivity index (χ3n) is 24.4. The number of hydrogen-bond acceptors (Lipinski definition) is 27. The molecule has 134 heavy (non-hydrogen) atoms. The van der Waals surface area contributed by atoms with E-state index in [1.807, 2.05) is 103 Å². The zero-order valence-electron chi connectivity index (χ0n) is 78.2. The molecule has 7 aliphatic heterocycles. The van der Waals surface area contributed by atoms with E-state index < -0.39 is 49.2 Å². The summed E-state index contributed by atoms with van der Waals surface area (Å²) in [5.74, 6) is 6.28. The summed E-state index contributed by atoms with van der Waals surface area (Å²) in [6.45, 7) is 24.2. The van der Waals surface area contributed by atoms with Crippen molar-refractivity contribution in [1.29, 1.82) is 5.26 Å². The maximum Gasteiger partial charge on any atom is 1.00 e. The number of nitrogens with two attached hydrogens (primary N) is 2. The average molecular weight is 2370 g/mol. The molecule has 11 aliphatic rings. The van der Waals surface area contributed by atoms with Gasteiger partial charge >= 0.3 is 42.6 Å². The zero-order valence-corrected chi connectivity index (χ0v) is 91.7. The Morgan fingerprint density at radius 3 is 1.46 bits per heavy atom. The number of aliphatic imine (C=N–C) groups is 3. The van der Waals surface area contributed by atoms with E-state index in [4.69, 9.17) is 112 Å². The number of fused-ring (bicyclic) bond motifs is 9. The van der Waals surface area contributed by atoms with E-state index >= 15 is 0 Å². The van der Waals surface area contributed by atoms with Gasteiger partial charge in [0.1, 0.15) is 35.3 Å². The van der Waals surface area contributed by atoms with E-state index in [1.54, 1.807) is 85.5 Å². The predicted molar refractivity (Wildman–Crippen MR) is 551 cm³/mol. The van der Waals surface area contributed by atoms with Crippen LogP contribution in [-0.2, 0) is 56.2 Å². The summed E-state index contributed by atoms with van der Waals surface area (Å²) in [5, 5.41) is 36.8. The molecule has 7 aromatic rings. The summed E-state index contributed by atoms with van der Waals surface area (Å²) < 4.78 is 67.3. The summed E-state index contributed by atoms with van der Waals surface area (Å²) in [5.41, 5.74) is 18.9. The number of Topliss-reactive ketones (excluding diaryl/α,β-unsaturated/α-hetero) is 1. The second-order valence-electron chi connectivity index (χ2n) is 33.7. The van der Waals surface area contributed by atoms with Gasteiger partial charge in [-0.05, 0) is 249 Å². The van der Waals surface area contributed by atoms with Gasteiger partial charge in [-0.2, -0.15) is 10.3 Å². The second-order valence-corrected chi connectivity index (χ2v) is 44.0. The van der Waals surface area contributed by atoms with Gasteiger partial charge in [0, 0.05) is 94.6 Å². The van der Waals surface area contributed by atoms with Gasteiger partial charge in [0.15, 0.2) is 42.0 Å². The van der Waals surface area contributed by atoms with Crippen molar-refractivity contribution in [3.8, 4) is 40.3 Å².